The lowest BCUT2D eigenvalue weighted by molar-refractivity contribution is -0.161. The molecule has 0 heterocycles. The van der Waals surface area contributed by atoms with E-state index in [4.69, 9.17) is 9.47 Å². The van der Waals surface area contributed by atoms with Crippen LogP contribution in [0.15, 0.2) is 0 Å². The van der Waals surface area contributed by atoms with Crippen LogP contribution in [0.5, 0.6) is 0 Å². The molecule has 64 heavy (non-hydrogen) atoms. The molecule has 0 aliphatic rings. The molecule has 1 unspecified atom stereocenters. The zero-order chi connectivity index (χ0) is 46.3. The van der Waals surface area contributed by atoms with E-state index in [0.29, 0.717) is 12.8 Å². The Morgan fingerprint density at radius 1 is 0.297 bits per heavy atom. The highest BCUT2D eigenvalue weighted by Crippen LogP contribution is 2.19. The number of ether oxygens (including phenoxy) is 2. The van der Waals surface area contributed by atoms with Gasteiger partial charge in [-0.3, -0.25) is 9.59 Å². The van der Waals surface area contributed by atoms with Crippen LogP contribution < -0.4 is 0 Å². The number of carbonyl (C=O) groups excluding carboxylic acids is 2. The topological polar surface area (TPSA) is 72.8 Å². The first-order valence-corrected chi connectivity index (χ1v) is 29.6. The molecule has 0 aliphatic heterocycles. The summed E-state index contributed by atoms with van der Waals surface area (Å²) in [5, 5.41) is 9.59. The van der Waals surface area contributed by atoms with Gasteiger partial charge in [0.1, 0.15) is 6.61 Å². The molecule has 0 aromatic heterocycles. The second-order valence-corrected chi connectivity index (χ2v) is 20.4. The normalized spacial score (nSPS) is 12.0. The molecule has 0 fully saturated rings. The summed E-state index contributed by atoms with van der Waals surface area (Å²) in [5.41, 5.74) is 0. The number of rotatable bonds is 56. The first-order chi connectivity index (χ1) is 31.6. The molecular formula is C59H116O5. The number of carbonyl (C=O) groups is 2. The van der Waals surface area contributed by atoms with E-state index < -0.39 is 6.10 Å². The maximum absolute atomic E-state index is 12.2. The van der Waals surface area contributed by atoms with E-state index in [0.717, 1.165) is 38.5 Å². The van der Waals surface area contributed by atoms with Crippen molar-refractivity contribution in [1.29, 1.82) is 0 Å². The van der Waals surface area contributed by atoms with Crippen molar-refractivity contribution >= 4 is 11.9 Å². The molecule has 0 spiro atoms. The van der Waals surface area contributed by atoms with Crippen LogP contribution in [0.3, 0.4) is 0 Å². The molecular weight excluding hydrogens is 789 g/mol. The Labute approximate surface area is 401 Å². The zero-order valence-electron chi connectivity index (χ0n) is 43.8. The standard InChI is InChI=1S/C59H116O5/c1-3-5-7-9-11-13-15-16-17-18-19-20-21-22-23-24-25-26-27-28-29-30-31-32-33-34-35-36-37-38-39-40-41-42-43-44-46-48-50-52-54-59(62)64-57(55-60)56-63-58(61)53-51-49-47-45-14-12-10-8-6-4-2/h57,60H,3-56H2,1-2H3. The minimum atomic E-state index is -0.762. The van der Waals surface area contributed by atoms with Crippen molar-refractivity contribution in [2.45, 2.75) is 354 Å². The highest BCUT2D eigenvalue weighted by molar-refractivity contribution is 5.70. The predicted molar refractivity (Wildman–Crippen MR) is 279 cm³/mol. The molecule has 0 bridgehead atoms. The number of aliphatic hydroxyl groups excluding tert-OH is 1. The third kappa shape index (κ3) is 53.5. The number of esters is 2. The second-order valence-electron chi connectivity index (χ2n) is 20.4. The summed E-state index contributed by atoms with van der Waals surface area (Å²) in [6.07, 6.45) is 68.5. The molecule has 0 saturated heterocycles. The van der Waals surface area contributed by atoms with E-state index in [1.54, 1.807) is 0 Å². The Balaban J connectivity index is 3.28. The van der Waals surface area contributed by atoms with Crippen molar-refractivity contribution in [3.8, 4) is 0 Å². The van der Waals surface area contributed by atoms with E-state index in [1.165, 1.54) is 283 Å². The van der Waals surface area contributed by atoms with Gasteiger partial charge < -0.3 is 14.6 Å². The first-order valence-electron chi connectivity index (χ1n) is 29.6. The van der Waals surface area contributed by atoms with Crippen molar-refractivity contribution in [3.63, 3.8) is 0 Å². The van der Waals surface area contributed by atoms with Crippen molar-refractivity contribution in [1.82, 2.24) is 0 Å². The summed E-state index contributed by atoms with van der Waals surface area (Å²) >= 11 is 0. The van der Waals surface area contributed by atoms with Crippen LogP contribution in [-0.4, -0.2) is 36.4 Å². The summed E-state index contributed by atoms with van der Waals surface area (Å²) in [4.78, 5) is 24.3. The maximum atomic E-state index is 12.2. The van der Waals surface area contributed by atoms with Crippen molar-refractivity contribution in [3.05, 3.63) is 0 Å². The molecule has 1 atom stereocenters. The summed E-state index contributed by atoms with van der Waals surface area (Å²) < 4.78 is 10.6. The molecule has 0 rings (SSSR count). The Kier molecular flexibility index (Phi) is 55.3. The molecule has 0 aliphatic carbocycles. The minimum Gasteiger partial charge on any atom is -0.462 e. The van der Waals surface area contributed by atoms with Gasteiger partial charge in [0.25, 0.3) is 0 Å². The van der Waals surface area contributed by atoms with Gasteiger partial charge >= 0.3 is 11.9 Å². The fourth-order valence-corrected chi connectivity index (χ4v) is 9.44. The van der Waals surface area contributed by atoms with E-state index in [2.05, 4.69) is 13.8 Å². The van der Waals surface area contributed by atoms with Crippen LogP contribution in [0.25, 0.3) is 0 Å². The number of hydrogen-bond acceptors (Lipinski definition) is 5. The Morgan fingerprint density at radius 2 is 0.484 bits per heavy atom. The van der Waals surface area contributed by atoms with Crippen LogP contribution in [-0.2, 0) is 19.1 Å². The van der Waals surface area contributed by atoms with Crippen LogP contribution in [0.4, 0.5) is 0 Å². The lowest BCUT2D eigenvalue weighted by Crippen LogP contribution is -2.28. The molecule has 0 aromatic carbocycles. The van der Waals surface area contributed by atoms with Gasteiger partial charge in [0.2, 0.25) is 0 Å². The van der Waals surface area contributed by atoms with Gasteiger partial charge in [-0.05, 0) is 12.8 Å². The lowest BCUT2D eigenvalue weighted by atomic mass is 10.0. The third-order valence-corrected chi connectivity index (χ3v) is 13.9. The second kappa shape index (κ2) is 56.2. The molecule has 5 nitrogen and oxygen atoms in total. The molecule has 382 valence electrons. The van der Waals surface area contributed by atoms with Gasteiger partial charge in [-0.15, -0.1) is 0 Å². The fraction of sp³-hybridized carbons (Fsp3) is 0.966. The Hall–Kier alpha value is -1.10. The Bertz CT molecular complexity index is 891. The molecule has 0 radical (unpaired) electrons. The Morgan fingerprint density at radius 3 is 0.688 bits per heavy atom. The fourth-order valence-electron chi connectivity index (χ4n) is 9.44. The average Bonchev–Trinajstić information content (AvgIpc) is 3.30. The number of aliphatic hydroxyl groups is 1. The lowest BCUT2D eigenvalue weighted by Gasteiger charge is -2.15. The average molecular weight is 906 g/mol. The van der Waals surface area contributed by atoms with Gasteiger partial charge in [0.05, 0.1) is 6.61 Å². The van der Waals surface area contributed by atoms with Crippen LogP contribution in [0, 0.1) is 0 Å². The maximum Gasteiger partial charge on any atom is 0.306 e. The van der Waals surface area contributed by atoms with Crippen LogP contribution in [0.1, 0.15) is 348 Å². The highest BCUT2D eigenvalue weighted by atomic mass is 16.6. The van der Waals surface area contributed by atoms with E-state index in [9.17, 15) is 14.7 Å². The zero-order valence-corrected chi connectivity index (χ0v) is 43.8. The van der Waals surface area contributed by atoms with Crippen LogP contribution in [0.2, 0.25) is 0 Å². The molecule has 5 heteroatoms. The van der Waals surface area contributed by atoms with Gasteiger partial charge in [-0.1, -0.05) is 322 Å². The van der Waals surface area contributed by atoms with Crippen molar-refractivity contribution in [2.75, 3.05) is 13.2 Å². The monoisotopic (exact) mass is 905 g/mol. The van der Waals surface area contributed by atoms with E-state index in [-0.39, 0.29) is 25.2 Å². The third-order valence-electron chi connectivity index (χ3n) is 13.9. The van der Waals surface area contributed by atoms with Gasteiger partial charge in [0, 0.05) is 12.8 Å². The van der Waals surface area contributed by atoms with Gasteiger partial charge in [-0.25, -0.2) is 0 Å². The highest BCUT2D eigenvalue weighted by Gasteiger charge is 2.16. The van der Waals surface area contributed by atoms with E-state index in [1.807, 2.05) is 0 Å². The molecule has 0 aromatic rings. The first kappa shape index (κ1) is 62.9. The predicted octanol–water partition coefficient (Wildman–Crippen LogP) is 19.8. The molecule has 1 N–H and O–H groups in total. The number of unbranched alkanes of at least 4 members (excludes halogenated alkanes) is 48. The quantitative estimate of drug-likeness (QED) is 0.0486. The van der Waals surface area contributed by atoms with Gasteiger partial charge in [-0.2, -0.15) is 0 Å². The largest absolute Gasteiger partial charge is 0.462 e. The smallest absolute Gasteiger partial charge is 0.306 e. The summed E-state index contributed by atoms with van der Waals surface area (Å²) in [7, 11) is 0. The van der Waals surface area contributed by atoms with E-state index >= 15 is 0 Å². The van der Waals surface area contributed by atoms with Gasteiger partial charge in [0.15, 0.2) is 6.10 Å². The summed E-state index contributed by atoms with van der Waals surface area (Å²) in [6, 6.07) is 0. The number of hydrogen-bond donors (Lipinski definition) is 1. The SMILES string of the molecule is CCCCCCCCCCCCCCCCCCCCCCCCCCCCCCCCCCCCCCCCCCC(=O)OC(CO)COC(=O)CCCCCCCCCCCC. The van der Waals surface area contributed by atoms with Crippen molar-refractivity contribution in [2.24, 2.45) is 0 Å². The van der Waals surface area contributed by atoms with Crippen LogP contribution >= 0.6 is 0 Å². The summed E-state index contributed by atoms with van der Waals surface area (Å²) in [6.45, 7) is 4.17. The molecule has 0 saturated carbocycles. The minimum absolute atomic E-state index is 0.0569. The summed E-state index contributed by atoms with van der Waals surface area (Å²) in [5.74, 6) is -0.572. The van der Waals surface area contributed by atoms with Crippen molar-refractivity contribution < 1.29 is 24.2 Å². The molecule has 0 amide bonds.